The van der Waals surface area contributed by atoms with Gasteiger partial charge in [0.25, 0.3) is 0 Å². The maximum atomic E-state index is 6.42. The first-order valence-corrected chi connectivity index (χ1v) is 9.54. The minimum atomic E-state index is 0.00928. The largest absolute Gasteiger partial charge is 0.359 e. The number of rotatable bonds is 8. The van der Waals surface area contributed by atoms with Gasteiger partial charge in [-0.05, 0) is 49.9 Å². The highest BCUT2D eigenvalue weighted by molar-refractivity contribution is 5.33. The van der Waals surface area contributed by atoms with Crippen LogP contribution in [0, 0.1) is 16.7 Å². The van der Waals surface area contributed by atoms with Crippen molar-refractivity contribution >= 4 is 0 Å². The summed E-state index contributed by atoms with van der Waals surface area (Å²) in [5, 5.41) is 0. The summed E-state index contributed by atoms with van der Waals surface area (Å²) in [7, 11) is 1.66. The van der Waals surface area contributed by atoms with Crippen molar-refractivity contribution in [2.75, 3.05) is 27.1 Å². The van der Waals surface area contributed by atoms with Crippen molar-refractivity contribution in [2.45, 2.75) is 71.7 Å². The van der Waals surface area contributed by atoms with Crippen molar-refractivity contribution < 1.29 is 18.9 Å². The fourth-order valence-corrected chi connectivity index (χ4v) is 4.89. The van der Waals surface area contributed by atoms with Crippen molar-refractivity contribution in [3.63, 3.8) is 0 Å². The summed E-state index contributed by atoms with van der Waals surface area (Å²) >= 11 is 0. The zero-order valence-corrected chi connectivity index (χ0v) is 15.8. The Hall–Kier alpha value is -0.420. The Morgan fingerprint density at radius 3 is 2.71 bits per heavy atom. The molecule has 3 rings (SSSR count). The molecule has 0 aromatic carbocycles. The third-order valence-corrected chi connectivity index (χ3v) is 6.72. The van der Waals surface area contributed by atoms with Gasteiger partial charge in [0.1, 0.15) is 6.79 Å². The molecule has 0 aromatic heterocycles. The molecular weight excluding hydrogens is 304 g/mol. The molecule has 0 aromatic rings. The normalized spacial score (nSPS) is 37.7. The van der Waals surface area contributed by atoms with Crippen molar-refractivity contribution in [3.05, 3.63) is 11.6 Å². The van der Waals surface area contributed by atoms with Gasteiger partial charge in [-0.2, -0.15) is 0 Å². The highest BCUT2D eigenvalue weighted by Gasteiger charge is 2.62. The SMILES string of the molecule is COCOCCCC1=C[C@]2(C)[C@H](OC3CCCCO3)C[C@H]1C2(C)C. The molecule has 4 nitrogen and oxygen atoms in total. The van der Waals surface area contributed by atoms with Gasteiger partial charge >= 0.3 is 0 Å². The molecular formula is C20H34O4. The number of ether oxygens (including phenoxy) is 4. The fraction of sp³-hybridized carbons (Fsp3) is 0.900. The zero-order valence-electron chi connectivity index (χ0n) is 15.8. The molecule has 4 atom stereocenters. The molecule has 24 heavy (non-hydrogen) atoms. The van der Waals surface area contributed by atoms with E-state index in [0.717, 1.165) is 38.9 Å². The Morgan fingerprint density at radius 1 is 1.25 bits per heavy atom. The molecule has 1 aliphatic heterocycles. The minimum absolute atomic E-state index is 0.00928. The van der Waals surface area contributed by atoms with Crippen LogP contribution in [0.1, 0.15) is 59.3 Å². The van der Waals surface area contributed by atoms with E-state index in [1.54, 1.807) is 12.7 Å². The van der Waals surface area contributed by atoms with Crippen molar-refractivity contribution in [1.29, 1.82) is 0 Å². The van der Waals surface area contributed by atoms with E-state index in [2.05, 4.69) is 26.8 Å². The van der Waals surface area contributed by atoms with Crippen LogP contribution in [0.15, 0.2) is 11.6 Å². The lowest BCUT2D eigenvalue weighted by Crippen LogP contribution is -2.39. The van der Waals surface area contributed by atoms with Gasteiger partial charge in [0.15, 0.2) is 6.29 Å². The number of methoxy groups -OCH3 is 1. The van der Waals surface area contributed by atoms with E-state index in [1.165, 1.54) is 12.8 Å². The minimum Gasteiger partial charge on any atom is -0.359 e. The Kier molecular flexibility index (Phi) is 5.70. The van der Waals surface area contributed by atoms with Crippen LogP contribution in [0.3, 0.4) is 0 Å². The second-order valence-electron chi connectivity index (χ2n) is 8.35. The van der Waals surface area contributed by atoms with Crippen molar-refractivity contribution in [1.82, 2.24) is 0 Å². The fourth-order valence-electron chi connectivity index (χ4n) is 4.89. The highest BCUT2D eigenvalue weighted by atomic mass is 16.7. The summed E-state index contributed by atoms with van der Waals surface area (Å²) in [6.07, 6.45) is 9.58. The quantitative estimate of drug-likeness (QED) is 0.376. The Labute approximate surface area is 146 Å². The molecule has 1 saturated carbocycles. The van der Waals surface area contributed by atoms with Gasteiger partial charge in [-0.25, -0.2) is 0 Å². The zero-order chi connectivity index (χ0) is 17.2. The van der Waals surface area contributed by atoms with Gasteiger partial charge in [-0.15, -0.1) is 0 Å². The topological polar surface area (TPSA) is 36.9 Å². The lowest BCUT2D eigenvalue weighted by Gasteiger charge is -2.39. The summed E-state index contributed by atoms with van der Waals surface area (Å²) in [4.78, 5) is 0. The van der Waals surface area contributed by atoms with Crippen LogP contribution in [-0.2, 0) is 18.9 Å². The molecule has 3 aliphatic rings. The summed E-state index contributed by atoms with van der Waals surface area (Å²) in [6, 6.07) is 0. The molecule has 2 fully saturated rings. The first-order chi connectivity index (χ1) is 11.5. The third kappa shape index (κ3) is 3.31. The molecule has 2 bridgehead atoms. The molecule has 0 spiro atoms. The van der Waals surface area contributed by atoms with Gasteiger partial charge in [0.2, 0.25) is 0 Å². The van der Waals surface area contributed by atoms with E-state index in [9.17, 15) is 0 Å². The van der Waals surface area contributed by atoms with Gasteiger partial charge in [-0.3, -0.25) is 0 Å². The maximum Gasteiger partial charge on any atom is 0.157 e. The molecule has 0 N–H and O–H groups in total. The highest BCUT2D eigenvalue weighted by Crippen LogP contribution is 2.66. The van der Waals surface area contributed by atoms with Crippen LogP contribution >= 0.6 is 0 Å². The van der Waals surface area contributed by atoms with Gasteiger partial charge in [0, 0.05) is 25.7 Å². The average Bonchev–Trinajstić information content (AvgIpc) is 2.87. The molecule has 1 unspecified atom stereocenters. The molecule has 1 heterocycles. The smallest absolute Gasteiger partial charge is 0.157 e. The first kappa shape index (κ1) is 18.4. The van der Waals surface area contributed by atoms with Crippen molar-refractivity contribution in [3.8, 4) is 0 Å². The Bertz CT molecular complexity index is 453. The van der Waals surface area contributed by atoms with Crippen molar-refractivity contribution in [2.24, 2.45) is 16.7 Å². The lowest BCUT2D eigenvalue weighted by atomic mass is 9.69. The van der Waals surface area contributed by atoms with Crippen LogP contribution in [0.5, 0.6) is 0 Å². The summed E-state index contributed by atoms with van der Waals surface area (Å²) in [6.45, 7) is 9.22. The number of hydrogen-bond donors (Lipinski definition) is 0. The lowest BCUT2D eigenvalue weighted by molar-refractivity contribution is -0.205. The van der Waals surface area contributed by atoms with Crippen LogP contribution in [0.25, 0.3) is 0 Å². The summed E-state index contributed by atoms with van der Waals surface area (Å²) in [5.74, 6) is 0.624. The second-order valence-corrected chi connectivity index (χ2v) is 8.35. The molecule has 2 aliphatic carbocycles. The van der Waals surface area contributed by atoms with Gasteiger partial charge in [-0.1, -0.05) is 32.4 Å². The standard InChI is InChI=1S/C20H34O4/c1-19(2)16-12-17(24-18-9-5-6-11-23-18)20(19,3)13-15(16)8-7-10-22-14-21-4/h13,16-18H,5-12,14H2,1-4H3/t16-,17-,18?,20-/m1/s1. The Morgan fingerprint density at radius 2 is 2.08 bits per heavy atom. The van der Waals surface area contributed by atoms with E-state index in [-0.39, 0.29) is 23.2 Å². The van der Waals surface area contributed by atoms with Crippen LogP contribution in [0.2, 0.25) is 0 Å². The first-order valence-electron chi connectivity index (χ1n) is 9.54. The second kappa shape index (κ2) is 7.45. The average molecular weight is 338 g/mol. The summed E-state index contributed by atoms with van der Waals surface area (Å²) < 4.78 is 22.6. The predicted molar refractivity (Wildman–Crippen MR) is 93.6 cm³/mol. The number of fused-ring (bicyclic) bond motifs is 2. The van der Waals surface area contributed by atoms with E-state index < -0.39 is 0 Å². The Balaban J connectivity index is 1.59. The number of hydrogen-bond acceptors (Lipinski definition) is 4. The van der Waals surface area contributed by atoms with Gasteiger partial charge < -0.3 is 18.9 Å². The molecule has 0 radical (unpaired) electrons. The number of allylic oxidation sites excluding steroid dienone is 1. The van der Waals surface area contributed by atoms with Crippen LogP contribution in [-0.4, -0.2) is 39.5 Å². The molecule has 1 saturated heterocycles. The third-order valence-electron chi connectivity index (χ3n) is 6.72. The molecule has 138 valence electrons. The predicted octanol–water partition coefficient (Wildman–Crippen LogP) is 4.29. The summed E-state index contributed by atoms with van der Waals surface area (Å²) in [5.41, 5.74) is 1.98. The van der Waals surface area contributed by atoms with Crippen LogP contribution < -0.4 is 0 Å². The van der Waals surface area contributed by atoms with E-state index >= 15 is 0 Å². The van der Waals surface area contributed by atoms with Gasteiger partial charge in [0.05, 0.1) is 6.10 Å². The molecule has 4 heteroatoms. The van der Waals surface area contributed by atoms with E-state index in [4.69, 9.17) is 18.9 Å². The molecule has 0 amide bonds. The maximum absolute atomic E-state index is 6.42. The van der Waals surface area contributed by atoms with E-state index in [0.29, 0.717) is 12.7 Å². The van der Waals surface area contributed by atoms with Crippen LogP contribution in [0.4, 0.5) is 0 Å². The van der Waals surface area contributed by atoms with E-state index in [1.807, 2.05) is 0 Å². The monoisotopic (exact) mass is 338 g/mol.